The lowest BCUT2D eigenvalue weighted by molar-refractivity contribution is 0.447. The quantitative estimate of drug-likeness (QED) is 0.0712. The second-order valence-electron chi connectivity index (χ2n) is 10.4. The lowest BCUT2D eigenvalue weighted by Gasteiger charge is -2.16. The zero-order valence-corrected chi connectivity index (χ0v) is 23.2. The number of hydrogen-bond acceptors (Lipinski definition) is 4. The van der Waals surface area contributed by atoms with Gasteiger partial charge in [0.15, 0.2) is 41.1 Å². The third-order valence-corrected chi connectivity index (χ3v) is 7.81. The Morgan fingerprint density at radius 3 is 1.69 bits per heavy atom. The average Bonchev–Trinajstić information content (AvgIpc) is 3.32. The van der Waals surface area contributed by atoms with E-state index in [1.54, 1.807) is 55.6 Å². The fourth-order valence-corrected chi connectivity index (χ4v) is 5.75. The monoisotopic (exact) mass is 608 g/mol. The van der Waals surface area contributed by atoms with Crippen LogP contribution in [0.4, 0.5) is 26.3 Å². The molecule has 1 aliphatic carbocycles. The molecule has 10 heteroatoms. The first kappa shape index (κ1) is 29.2. The highest BCUT2D eigenvalue weighted by atomic mass is 19.2. The summed E-state index contributed by atoms with van der Waals surface area (Å²) < 4.78 is 83.0. The molecule has 0 fully saturated rings. The number of halogens is 6. The normalized spacial score (nSPS) is 13.3. The van der Waals surface area contributed by atoms with E-state index in [4.69, 9.17) is 5.26 Å². The van der Waals surface area contributed by atoms with Gasteiger partial charge in [-0.15, -0.1) is 0 Å². The Morgan fingerprint density at radius 1 is 0.622 bits per heavy atom. The van der Waals surface area contributed by atoms with Gasteiger partial charge in [0.1, 0.15) is 0 Å². The van der Waals surface area contributed by atoms with Gasteiger partial charge in [0.25, 0.3) is 0 Å². The minimum Gasteiger partial charge on any atom is -0.312 e. The Balaban J connectivity index is 1.49. The van der Waals surface area contributed by atoms with E-state index in [1.807, 2.05) is 12.3 Å². The SMILES string of the molecule is Cc1cc(-c2cc(F)c(F)c(F)c2)ccc1-c1cc2c(cc1/C=N/C#N)-c1ccc(-c3cc(F)c(F)c(F)c3)cc1C2NC#N. The molecule has 1 atom stereocenters. The predicted molar refractivity (Wildman–Crippen MR) is 156 cm³/mol. The van der Waals surface area contributed by atoms with E-state index in [0.717, 1.165) is 35.4 Å². The highest BCUT2D eigenvalue weighted by molar-refractivity contribution is 5.96. The molecule has 1 N–H and O–H groups in total. The van der Waals surface area contributed by atoms with Crippen molar-refractivity contribution in [2.24, 2.45) is 4.99 Å². The number of aryl methyl sites for hydroxylation is 1. The molecule has 45 heavy (non-hydrogen) atoms. The van der Waals surface area contributed by atoms with Crippen LogP contribution in [0.15, 0.2) is 77.8 Å². The molecule has 0 aliphatic heterocycles. The minimum absolute atomic E-state index is 0.111. The standard InChI is InChI=1S/C35H18F6N4/c1-17-6-18(20-9-29(36)33(40)30(37)10-20)2-4-23(17)25-13-28-26(8-22(25)14-44-15-42)24-5-3-19(7-27(24)35(28)45-16-43)21-11-31(38)34(41)32(39)12-21/h2-14,35,45H,1H3/b44-14+. The predicted octanol–water partition coefficient (Wildman–Crippen LogP) is 8.87. The van der Waals surface area contributed by atoms with Gasteiger partial charge >= 0.3 is 0 Å². The lowest BCUT2D eigenvalue weighted by Crippen LogP contribution is -2.14. The van der Waals surface area contributed by atoms with Crippen molar-refractivity contribution in [1.29, 1.82) is 10.5 Å². The number of rotatable bonds is 5. The molecule has 0 radical (unpaired) electrons. The first-order valence-electron chi connectivity index (χ1n) is 13.4. The van der Waals surface area contributed by atoms with Gasteiger partial charge in [-0.3, -0.25) is 0 Å². The van der Waals surface area contributed by atoms with Crippen LogP contribution in [0.3, 0.4) is 0 Å². The summed E-state index contributed by atoms with van der Waals surface area (Å²) in [4.78, 5) is 3.76. The average molecular weight is 609 g/mol. The summed E-state index contributed by atoms with van der Waals surface area (Å²) in [5.41, 5.74) is 6.42. The maximum Gasteiger partial charge on any atom is 0.205 e. The molecule has 4 nitrogen and oxygen atoms in total. The van der Waals surface area contributed by atoms with Crippen molar-refractivity contribution in [3.63, 3.8) is 0 Å². The van der Waals surface area contributed by atoms with Crippen LogP contribution in [0.25, 0.3) is 44.5 Å². The van der Waals surface area contributed by atoms with Gasteiger partial charge in [0.05, 0.1) is 6.04 Å². The van der Waals surface area contributed by atoms with Crippen molar-refractivity contribution in [2.45, 2.75) is 13.0 Å². The van der Waals surface area contributed by atoms with Crippen molar-refractivity contribution in [3.8, 4) is 56.9 Å². The second-order valence-corrected chi connectivity index (χ2v) is 10.4. The van der Waals surface area contributed by atoms with Crippen LogP contribution in [0, 0.1) is 64.7 Å². The maximum atomic E-state index is 14.0. The summed E-state index contributed by atoms with van der Waals surface area (Å²) in [5, 5.41) is 21.6. The van der Waals surface area contributed by atoms with E-state index in [1.165, 1.54) is 6.21 Å². The van der Waals surface area contributed by atoms with Crippen LogP contribution in [0.5, 0.6) is 0 Å². The Kier molecular flexibility index (Phi) is 7.35. The number of benzene rings is 5. The zero-order valence-electron chi connectivity index (χ0n) is 23.2. The molecule has 0 heterocycles. The highest BCUT2D eigenvalue weighted by Crippen LogP contribution is 2.47. The van der Waals surface area contributed by atoms with Crippen molar-refractivity contribution in [3.05, 3.63) is 130 Å². The molecule has 0 bridgehead atoms. The zero-order chi connectivity index (χ0) is 32.0. The van der Waals surface area contributed by atoms with Crippen LogP contribution < -0.4 is 5.32 Å². The van der Waals surface area contributed by atoms with Crippen LogP contribution in [-0.4, -0.2) is 6.21 Å². The van der Waals surface area contributed by atoms with Crippen molar-refractivity contribution in [1.82, 2.24) is 5.32 Å². The lowest BCUT2D eigenvalue weighted by atomic mass is 9.89. The van der Waals surface area contributed by atoms with E-state index in [-0.39, 0.29) is 11.1 Å². The summed E-state index contributed by atoms with van der Waals surface area (Å²) in [6.07, 6.45) is 5.08. The molecule has 6 rings (SSSR count). The van der Waals surface area contributed by atoms with Gasteiger partial charge in [-0.25, -0.2) is 26.3 Å². The second kappa shape index (κ2) is 11.3. The molecule has 1 aliphatic rings. The van der Waals surface area contributed by atoms with Crippen LogP contribution in [0.1, 0.15) is 28.3 Å². The van der Waals surface area contributed by atoms with Crippen molar-refractivity contribution in [2.75, 3.05) is 0 Å². The van der Waals surface area contributed by atoms with Crippen LogP contribution >= 0.6 is 0 Å². The molecule has 0 saturated heterocycles. The van der Waals surface area contributed by atoms with E-state index < -0.39 is 40.9 Å². The first-order valence-corrected chi connectivity index (χ1v) is 13.4. The van der Waals surface area contributed by atoms with Gasteiger partial charge in [-0.1, -0.05) is 30.3 Å². The van der Waals surface area contributed by atoms with Crippen LogP contribution in [-0.2, 0) is 0 Å². The summed E-state index contributed by atoms with van der Waals surface area (Å²) in [6.45, 7) is 1.78. The number of aliphatic imine (C=N–C) groups is 1. The number of nitrogens with zero attached hydrogens (tertiary/aromatic N) is 3. The summed E-state index contributed by atoms with van der Waals surface area (Å²) in [5.74, 6) is -8.42. The fraction of sp³-hybridized carbons (Fsp3) is 0.0571. The molecule has 0 spiro atoms. The molecule has 5 aromatic carbocycles. The first-order chi connectivity index (χ1) is 21.6. The third-order valence-electron chi connectivity index (χ3n) is 7.81. The Labute approximate surface area is 253 Å². The molecule has 220 valence electrons. The minimum atomic E-state index is -1.57. The van der Waals surface area contributed by atoms with Crippen molar-refractivity contribution < 1.29 is 26.3 Å². The molecule has 5 aromatic rings. The molecule has 0 amide bonds. The number of fused-ring (bicyclic) bond motifs is 3. The Morgan fingerprint density at radius 2 is 1.16 bits per heavy atom. The topological polar surface area (TPSA) is 72.0 Å². The Hall–Kier alpha value is -5.87. The van der Waals surface area contributed by atoms with E-state index >= 15 is 0 Å². The Bertz CT molecular complexity index is 2110. The number of nitriles is 2. The molecule has 0 aromatic heterocycles. The maximum absolute atomic E-state index is 14.0. The summed E-state index contributed by atoms with van der Waals surface area (Å²) in [6, 6.07) is 16.6. The van der Waals surface area contributed by atoms with Gasteiger partial charge < -0.3 is 5.32 Å². The fourth-order valence-electron chi connectivity index (χ4n) is 5.75. The molecular formula is C35H18F6N4. The number of hydrogen-bond donors (Lipinski definition) is 1. The molecular weight excluding hydrogens is 590 g/mol. The highest BCUT2D eigenvalue weighted by Gasteiger charge is 2.31. The van der Waals surface area contributed by atoms with Gasteiger partial charge in [0, 0.05) is 11.8 Å². The smallest absolute Gasteiger partial charge is 0.205 e. The van der Waals surface area contributed by atoms with Gasteiger partial charge in [-0.05, 0) is 111 Å². The third kappa shape index (κ3) is 5.07. The molecule has 0 saturated carbocycles. The van der Waals surface area contributed by atoms with E-state index in [0.29, 0.717) is 44.5 Å². The van der Waals surface area contributed by atoms with E-state index in [2.05, 4.69) is 10.3 Å². The van der Waals surface area contributed by atoms with Crippen LogP contribution in [0.2, 0.25) is 0 Å². The molecule has 1 unspecified atom stereocenters. The summed E-state index contributed by atoms with van der Waals surface area (Å²) >= 11 is 0. The van der Waals surface area contributed by atoms with Gasteiger partial charge in [0.2, 0.25) is 6.19 Å². The van der Waals surface area contributed by atoms with Gasteiger partial charge in [-0.2, -0.15) is 15.5 Å². The summed E-state index contributed by atoms with van der Waals surface area (Å²) in [7, 11) is 0. The van der Waals surface area contributed by atoms with E-state index in [9.17, 15) is 31.6 Å². The number of nitrogens with one attached hydrogen (secondary N) is 1. The van der Waals surface area contributed by atoms with Crippen molar-refractivity contribution >= 4 is 6.21 Å². The largest absolute Gasteiger partial charge is 0.312 e.